The Hall–Kier alpha value is -2.54. The maximum Gasteiger partial charge on any atom is 0.450 e. The standard InChI is InChI=1S/C26H28ClF3N2O2/c27-21-12-13-22-20(11-10-19(15-31-22)25(34)26(28,29)30)23(21)32-14-16-6-8-18(9-7-16)24(33)17-4-2-1-3-5-17/h6-9,12-13,17,19,31-32H,1-5,10-11,14-15H2. The van der Waals surface area contributed by atoms with Gasteiger partial charge in [-0.3, -0.25) is 9.59 Å². The summed E-state index contributed by atoms with van der Waals surface area (Å²) in [5.74, 6) is -2.49. The molecule has 8 heteroatoms. The van der Waals surface area contributed by atoms with Crippen molar-refractivity contribution in [2.24, 2.45) is 11.8 Å². The molecule has 0 amide bonds. The Bertz CT molecular complexity index is 1050. The number of Topliss-reactive ketones (excluding diaryl/α,β-unsaturated/α-hetero) is 2. The molecule has 1 aliphatic carbocycles. The molecule has 2 aromatic rings. The highest BCUT2D eigenvalue weighted by Crippen LogP contribution is 2.37. The van der Waals surface area contributed by atoms with Crippen molar-refractivity contribution >= 4 is 34.5 Å². The minimum atomic E-state index is -4.84. The fraction of sp³-hybridized carbons (Fsp3) is 0.462. The average Bonchev–Trinajstić information content (AvgIpc) is 3.05. The van der Waals surface area contributed by atoms with Crippen molar-refractivity contribution in [2.45, 2.75) is 57.7 Å². The molecule has 0 spiro atoms. The number of halogens is 4. The lowest BCUT2D eigenvalue weighted by Crippen LogP contribution is -2.34. The monoisotopic (exact) mass is 492 g/mol. The fourth-order valence-corrected chi connectivity index (χ4v) is 5.17. The molecule has 34 heavy (non-hydrogen) atoms. The van der Waals surface area contributed by atoms with E-state index in [2.05, 4.69) is 10.6 Å². The second-order valence-corrected chi connectivity index (χ2v) is 9.58. The molecule has 1 fully saturated rings. The van der Waals surface area contributed by atoms with Crippen molar-refractivity contribution in [1.82, 2.24) is 0 Å². The van der Waals surface area contributed by atoms with Gasteiger partial charge < -0.3 is 10.6 Å². The van der Waals surface area contributed by atoms with E-state index in [1.165, 1.54) is 6.42 Å². The van der Waals surface area contributed by atoms with Crippen LogP contribution in [0.15, 0.2) is 36.4 Å². The normalized spacial score (nSPS) is 19.0. The molecule has 1 unspecified atom stereocenters. The number of carbonyl (C=O) groups is 2. The molecule has 2 N–H and O–H groups in total. The maximum absolute atomic E-state index is 12.9. The van der Waals surface area contributed by atoms with Crippen LogP contribution >= 0.6 is 11.6 Å². The first kappa shape index (κ1) is 24.6. The summed E-state index contributed by atoms with van der Waals surface area (Å²) in [4.78, 5) is 24.5. The zero-order chi connectivity index (χ0) is 24.3. The molecule has 0 saturated heterocycles. The largest absolute Gasteiger partial charge is 0.450 e. The summed E-state index contributed by atoms with van der Waals surface area (Å²) >= 11 is 6.42. The molecule has 2 aliphatic rings. The first-order valence-electron chi connectivity index (χ1n) is 11.8. The van der Waals surface area contributed by atoms with Gasteiger partial charge in [0.05, 0.1) is 10.7 Å². The first-order valence-corrected chi connectivity index (χ1v) is 12.1. The molecule has 0 aromatic heterocycles. The van der Waals surface area contributed by atoms with E-state index in [4.69, 9.17) is 11.6 Å². The SMILES string of the molecule is O=C(c1ccc(CNc2c(Cl)ccc3c2CCC(C(=O)C(F)(F)F)CN3)cc1)C1CCCCC1. The van der Waals surface area contributed by atoms with Crippen molar-refractivity contribution in [3.63, 3.8) is 0 Å². The number of fused-ring (bicyclic) bond motifs is 1. The van der Waals surface area contributed by atoms with Gasteiger partial charge in [-0.15, -0.1) is 0 Å². The molecule has 0 bridgehead atoms. The van der Waals surface area contributed by atoms with Gasteiger partial charge >= 0.3 is 6.18 Å². The highest BCUT2D eigenvalue weighted by atomic mass is 35.5. The number of hydrogen-bond donors (Lipinski definition) is 2. The Balaban J connectivity index is 1.43. The van der Waals surface area contributed by atoms with E-state index in [0.717, 1.165) is 42.4 Å². The predicted molar refractivity (Wildman–Crippen MR) is 127 cm³/mol. The Morgan fingerprint density at radius 2 is 1.68 bits per heavy atom. The lowest BCUT2D eigenvalue weighted by Gasteiger charge is -2.20. The molecule has 1 saturated carbocycles. The van der Waals surface area contributed by atoms with E-state index in [1.807, 2.05) is 24.3 Å². The Labute approximate surface area is 202 Å². The number of benzene rings is 2. The van der Waals surface area contributed by atoms with Gasteiger partial charge in [-0.1, -0.05) is 55.1 Å². The van der Waals surface area contributed by atoms with Crippen LogP contribution in [0.4, 0.5) is 24.5 Å². The highest BCUT2D eigenvalue weighted by molar-refractivity contribution is 6.33. The molecule has 1 heterocycles. The van der Waals surface area contributed by atoms with Crippen molar-refractivity contribution in [3.8, 4) is 0 Å². The maximum atomic E-state index is 12.9. The smallest absolute Gasteiger partial charge is 0.384 e. The molecule has 2 aromatic carbocycles. The van der Waals surface area contributed by atoms with Crippen molar-refractivity contribution < 1.29 is 22.8 Å². The van der Waals surface area contributed by atoms with Gasteiger partial charge in [0.25, 0.3) is 0 Å². The number of ketones is 2. The van der Waals surface area contributed by atoms with Crippen molar-refractivity contribution in [1.29, 1.82) is 0 Å². The van der Waals surface area contributed by atoms with E-state index < -0.39 is 17.9 Å². The van der Waals surface area contributed by atoms with E-state index in [1.54, 1.807) is 12.1 Å². The van der Waals surface area contributed by atoms with Gasteiger partial charge in [0.15, 0.2) is 5.78 Å². The summed E-state index contributed by atoms with van der Waals surface area (Å²) in [7, 11) is 0. The van der Waals surface area contributed by atoms with Gasteiger partial charge in [-0.05, 0) is 48.9 Å². The second-order valence-electron chi connectivity index (χ2n) is 9.18. The van der Waals surface area contributed by atoms with Crippen LogP contribution in [0, 0.1) is 11.8 Å². The Morgan fingerprint density at radius 1 is 0.971 bits per heavy atom. The number of alkyl halides is 3. The van der Waals surface area contributed by atoms with Crippen LogP contribution in [0.25, 0.3) is 0 Å². The minimum absolute atomic E-state index is 0.0666. The zero-order valence-electron chi connectivity index (χ0n) is 18.8. The summed E-state index contributed by atoms with van der Waals surface area (Å²) in [6.45, 7) is 0.377. The quantitative estimate of drug-likeness (QED) is 0.434. The number of nitrogens with one attached hydrogen (secondary N) is 2. The molecule has 0 radical (unpaired) electrons. The number of carbonyl (C=O) groups excluding carboxylic acids is 2. The molecular weight excluding hydrogens is 465 g/mol. The number of rotatable bonds is 6. The zero-order valence-corrected chi connectivity index (χ0v) is 19.6. The summed E-state index contributed by atoms with van der Waals surface area (Å²) in [5, 5.41) is 6.76. The van der Waals surface area contributed by atoms with Gasteiger partial charge in [0, 0.05) is 36.2 Å². The third-order valence-electron chi connectivity index (χ3n) is 6.88. The molecule has 4 nitrogen and oxygen atoms in total. The topological polar surface area (TPSA) is 58.2 Å². The summed E-state index contributed by atoms with van der Waals surface area (Å²) in [6, 6.07) is 11.0. The van der Waals surface area contributed by atoms with E-state index >= 15 is 0 Å². The lowest BCUT2D eigenvalue weighted by molar-refractivity contribution is -0.175. The van der Waals surface area contributed by atoms with Crippen LogP contribution in [0.3, 0.4) is 0 Å². The summed E-state index contributed by atoms with van der Waals surface area (Å²) in [5.41, 5.74) is 3.79. The summed E-state index contributed by atoms with van der Waals surface area (Å²) < 4.78 is 38.7. The van der Waals surface area contributed by atoms with Crippen LogP contribution in [0.5, 0.6) is 0 Å². The van der Waals surface area contributed by atoms with E-state index in [0.29, 0.717) is 29.4 Å². The highest BCUT2D eigenvalue weighted by Gasteiger charge is 2.43. The van der Waals surface area contributed by atoms with Gasteiger partial charge in [-0.25, -0.2) is 0 Å². The first-order chi connectivity index (χ1) is 16.2. The van der Waals surface area contributed by atoms with Crippen LogP contribution in [0.1, 0.15) is 60.0 Å². The van der Waals surface area contributed by atoms with Crippen LogP contribution in [-0.2, 0) is 17.8 Å². The third kappa shape index (κ3) is 5.57. The Kier molecular flexibility index (Phi) is 7.51. The number of anilines is 2. The lowest BCUT2D eigenvalue weighted by atomic mass is 9.84. The fourth-order valence-electron chi connectivity index (χ4n) is 4.92. The Morgan fingerprint density at radius 3 is 2.35 bits per heavy atom. The third-order valence-corrected chi connectivity index (χ3v) is 7.19. The molecule has 182 valence electrons. The van der Waals surface area contributed by atoms with Gasteiger partial charge in [0.2, 0.25) is 5.78 Å². The van der Waals surface area contributed by atoms with E-state index in [9.17, 15) is 22.8 Å². The van der Waals surface area contributed by atoms with Crippen molar-refractivity contribution in [3.05, 3.63) is 58.1 Å². The average molecular weight is 493 g/mol. The minimum Gasteiger partial charge on any atom is -0.384 e. The molecule has 1 atom stereocenters. The van der Waals surface area contributed by atoms with Crippen LogP contribution < -0.4 is 10.6 Å². The van der Waals surface area contributed by atoms with Crippen LogP contribution in [-0.4, -0.2) is 24.3 Å². The molecule has 4 rings (SSSR count). The van der Waals surface area contributed by atoms with Gasteiger partial charge in [-0.2, -0.15) is 13.2 Å². The van der Waals surface area contributed by atoms with Crippen LogP contribution in [0.2, 0.25) is 5.02 Å². The number of hydrogen-bond acceptors (Lipinski definition) is 4. The second kappa shape index (κ2) is 10.4. The van der Waals surface area contributed by atoms with Crippen molar-refractivity contribution in [2.75, 3.05) is 17.2 Å². The summed E-state index contributed by atoms with van der Waals surface area (Å²) in [6.07, 6.45) is 0.895. The predicted octanol–water partition coefficient (Wildman–Crippen LogP) is 6.82. The molecular formula is C26H28ClF3N2O2. The van der Waals surface area contributed by atoms with E-state index in [-0.39, 0.29) is 24.7 Å². The molecule has 1 aliphatic heterocycles. The van der Waals surface area contributed by atoms with Gasteiger partial charge in [0.1, 0.15) is 0 Å².